The van der Waals surface area contributed by atoms with Gasteiger partial charge in [-0.05, 0) is 43.3 Å². The second-order valence-corrected chi connectivity index (χ2v) is 6.54. The fourth-order valence-corrected chi connectivity index (χ4v) is 3.17. The number of carbonyl (C=O) groups is 1. The Morgan fingerprint density at radius 1 is 1.04 bits per heavy atom. The summed E-state index contributed by atoms with van der Waals surface area (Å²) < 4.78 is 0. The van der Waals surface area contributed by atoms with Crippen LogP contribution in [0.25, 0.3) is 0 Å². The third kappa shape index (κ3) is 4.51. The van der Waals surface area contributed by atoms with Crippen LogP contribution in [0.3, 0.4) is 0 Å². The summed E-state index contributed by atoms with van der Waals surface area (Å²) in [6.07, 6.45) is 0. The van der Waals surface area contributed by atoms with Gasteiger partial charge < -0.3 is 16.0 Å². The number of nitrogens with one attached hydrogen (secondary N) is 1. The van der Waals surface area contributed by atoms with Gasteiger partial charge in [0, 0.05) is 55.7 Å². The zero-order chi connectivity index (χ0) is 17.6. The second-order valence-electron chi connectivity index (χ2n) is 6.54. The van der Waals surface area contributed by atoms with Gasteiger partial charge in [-0.2, -0.15) is 0 Å². The van der Waals surface area contributed by atoms with Crippen LogP contribution < -0.4 is 16.0 Å². The van der Waals surface area contributed by atoms with Gasteiger partial charge in [0.1, 0.15) is 0 Å². The van der Waals surface area contributed by atoms with Crippen molar-refractivity contribution in [2.75, 3.05) is 43.4 Å². The fourth-order valence-electron chi connectivity index (χ4n) is 3.17. The summed E-state index contributed by atoms with van der Waals surface area (Å²) in [5, 5.41) is 3.02. The Bertz CT molecular complexity index is 679. The van der Waals surface area contributed by atoms with Gasteiger partial charge in [-0.3, -0.25) is 9.69 Å². The summed E-state index contributed by atoms with van der Waals surface area (Å²) in [5.74, 6) is -0.0465. The van der Waals surface area contributed by atoms with E-state index in [1.165, 1.54) is 5.69 Å². The lowest BCUT2D eigenvalue weighted by atomic mass is 10.1. The van der Waals surface area contributed by atoms with E-state index in [-0.39, 0.29) is 5.91 Å². The number of carbonyl (C=O) groups excluding carboxylic acids is 1. The number of nitrogens with two attached hydrogens (primary N) is 1. The molecule has 5 nitrogen and oxygen atoms in total. The topological polar surface area (TPSA) is 61.6 Å². The van der Waals surface area contributed by atoms with Gasteiger partial charge >= 0.3 is 0 Å². The minimum Gasteiger partial charge on any atom is -0.399 e. The highest BCUT2D eigenvalue weighted by Gasteiger charge is 2.21. The largest absolute Gasteiger partial charge is 0.399 e. The summed E-state index contributed by atoms with van der Waals surface area (Å²) in [5.41, 5.74) is 8.26. The molecule has 0 radical (unpaired) electrons. The normalized spacial score (nSPS) is 16.4. The molecular weight excluding hydrogens is 312 g/mol. The van der Waals surface area contributed by atoms with E-state index < -0.39 is 0 Å². The zero-order valence-electron chi connectivity index (χ0n) is 14.7. The third-order valence-electron chi connectivity index (χ3n) is 4.79. The Balaban J connectivity index is 1.45. The molecule has 3 rings (SSSR count). The molecule has 1 saturated heterocycles. The lowest BCUT2D eigenvalue weighted by Gasteiger charge is -2.39. The molecule has 2 aromatic carbocycles. The van der Waals surface area contributed by atoms with Crippen LogP contribution in [0, 0.1) is 0 Å². The van der Waals surface area contributed by atoms with E-state index in [9.17, 15) is 4.79 Å². The monoisotopic (exact) mass is 338 g/mol. The summed E-state index contributed by atoms with van der Waals surface area (Å²) in [6.45, 7) is 6.86. The van der Waals surface area contributed by atoms with Crippen LogP contribution in [0.4, 0.5) is 11.4 Å². The number of para-hydroxylation sites is 1. The van der Waals surface area contributed by atoms with Crippen molar-refractivity contribution < 1.29 is 4.79 Å². The molecule has 1 heterocycles. The van der Waals surface area contributed by atoms with E-state index in [4.69, 9.17) is 5.73 Å². The molecule has 25 heavy (non-hydrogen) atoms. The number of nitrogen functional groups attached to an aromatic ring is 1. The quantitative estimate of drug-likeness (QED) is 0.821. The van der Waals surface area contributed by atoms with E-state index in [0.29, 0.717) is 23.8 Å². The molecule has 5 heteroatoms. The number of anilines is 2. The van der Waals surface area contributed by atoms with Crippen LogP contribution >= 0.6 is 0 Å². The second kappa shape index (κ2) is 8.03. The van der Waals surface area contributed by atoms with E-state index in [1.54, 1.807) is 24.3 Å². The molecule has 3 N–H and O–H groups in total. The van der Waals surface area contributed by atoms with Crippen molar-refractivity contribution in [3.63, 3.8) is 0 Å². The maximum atomic E-state index is 12.2. The van der Waals surface area contributed by atoms with Crippen LogP contribution in [0.5, 0.6) is 0 Å². The van der Waals surface area contributed by atoms with Gasteiger partial charge in [0.25, 0.3) is 5.91 Å². The molecule has 0 spiro atoms. The summed E-state index contributed by atoms with van der Waals surface area (Å²) >= 11 is 0. The summed E-state index contributed by atoms with van der Waals surface area (Å²) in [6, 6.07) is 17.9. The highest BCUT2D eigenvalue weighted by Crippen LogP contribution is 2.16. The number of hydrogen-bond acceptors (Lipinski definition) is 4. The molecule has 132 valence electrons. The van der Waals surface area contributed by atoms with E-state index in [0.717, 1.165) is 26.2 Å². The maximum Gasteiger partial charge on any atom is 0.251 e. The number of piperazine rings is 1. The van der Waals surface area contributed by atoms with Crippen LogP contribution in [-0.2, 0) is 0 Å². The number of nitrogens with zero attached hydrogens (tertiary/aromatic N) is 2. The smallest absolute Gasteiger partial charge is 0.251 e. The molecule has 1 atom stereocenters. The molecular formula is C20H26N4O. The summed E-state index contributed by atoms with van der Waals surface area (Å²) in [7, 11) is 0. The van der Waals surface area contributed by atoms with Gasteiger partial charge in [0.2, 0.25) is 0 Å². The van der Waals surface area contributed by atoms with Crippen molar-refractivity contribution >= 4 is 17.3 Å². The van der Waals surface area contributed by atoms with Crippen molar-refractivity contribution in [2.24, 2.45) is 0 Å². The molecule has 0 bridgehead atoms. The first-order valence-electron chi connectivity index (χ1n) is 8.81. The van der Waals surface area contributed by atoms with Crippen molar-refractivity contribution in [3.8, 4) is 0 Å². The van der Waals surface area contributed by atoms with Gasteiger partial charge in [-0.15, -0.1) is 0 Å². The standard InChI is InChI=1S/C20H26N4O/c1-16(15-22-20(25)17-7-9-18(21)10-8-17)23-11-13-24(14-12-23)19-5-3-2-4-6-19/h2-10,16H,11-15,21H2,1H3,(H,22,25). The Kier molecular flexibility index (Phi) is 5.56. The minimum absolute atomic E-state index is 0.0465. The predicted molar refractivity (Wildman–Crippen MR) is 103 cm³/mol. The van der Waals surface area contributed by atoms with Gasteiger partial charge in [0.15, 0.2) is 0 Å². The molecule has 1 fully saturated rings. The maximum absolute atomic E-state index is 12.2. The summed E-state index contributed by atoms with van der Waals surface area (Å²) in [4.78, 5) is 17.0. The van der Waals surface area contributed by atoms with Gasteiger partial charge in [-0.25, -0.2) is 0 Å². The first-order chi connectivity index (χ1) is 12.1. The van der Waals surface area contributed by atoms with E-state index in [2.05, 4.69) is 46.3 Å². The number of benzene rings is 2. The minimum atomic E-state index is -0.0465. The zero-order valence-corrected chi connectivity index (χ0v) is 14.7. The highest BCUT2D eigenvalue weighted by molar-refractivity contribution is 5.94. The predicted octanol–water partition coefficient (Wildman–Crippen LogP) is 2.21. The molecule has 0 aromatic heterocycles. The lowest BCUT2D eigenvalue weighted by Crippen LogP contribution is -2.52. The third-order valence-corrected chi connectivity index (χ3v) is 4.79. The SMILES string of the molecule is CC(CNC(=O)c1ccc(N)cc1)N1CCN(c2ccccc2)CC1. The Labute approximate surface area is 149 Å². The number of amides is 1. The Morgan fingerprint density at radius 2 is 1.68 bits per heavy atom. The Hall–Kier alpha value is -2.53. The number of hydrogen-bond donors (Lipinski definition) is 2. The molecule has 1 aliphatic rings. The number of rotatable bonds is 5. The average Bonchev–Trinajstić information content (AvgIpc) is 2.67. The van der Waals surface area contributed by atoms with Crippen LogP contribution in [0.1, 0.15) is 17.3 Å². The van der Waals surface area contributed by atoms with E-state index >= 15 is 0 Å². The van der Waals surface area contributed by atoms with Crippen molar-refractivity contribution in [1.82, 2.24) is 10.2 Å². The first-order valence-corrected chi connectivity index (χ1v) is 8.81. The van der Waals surface area contributed by atoms with Crippen LogP contribution in [-0.4, -0.2) is 49.6 Å². The molecule has 0 saturated carbocycles. The molecule has 0 aliphatic carbocycles. The molecule has 1 aliphatic heterocycles. The van der Waals surface area contributed by atoms with Crippen LogP contribution in [0.2, 0.25) is 0 Å². The van der Waals surface area contributed by atoms with E-state index in [1.807, 2.05) is 6.07 Å². The average molecular weight is 338 g/mol. The Morgan fingerprint density at radius 3 is 2.32 bits per heavy atom. The lowest BCUT2D eigenvalue weighted by molar-refractivity contribution is 0.0934. The molecule has 2 aromatic rings. The molecule has 1 unspecified atom stereocenters. The van der Waals surface area contributed by atoms with Crippen molar-refractivity contribution in [2.45, 2.75) is 13.0 Å². The molecule has 1 amide bonds. The van der Waals surface area contributed by atoms with Gasteiger partial charge in [-0.1, -0.05) is 18.2 Å². The highest BCUT2D eigenvalue weighted by atomic mass is 16.1. The van der Waals surface area contributed by atoms with Crippen molar-refractivity contribution in [3.05, 3.63) is 60.2 Å². The van der Waals surface area contributed by atoms with Crippen molar-refractivity contribution in [1.29, 1.82) is 0 Å². The first kappa shape index (κ1) is 17.3. The van der Waals surface area contributed by atoms with Gasteiger partial charge in [0.05, 0.1) is 0 Å². The van der Waals surface area contributed by atoms with Crippen LogP contribution in [0.15, 0.2) is 54.6 Å². The fraction of sp³-hybridized carbons (Fsp3) is 0.350.